The fourth-order valence-electron chi connectivity index (χ4n) is 3.43. The summed E-state index contributed by atoms with van der Waals surface area (Å²) in [5, 5.41) is 8.55. The number of imide groups is 1. The van der Waals surface area contributed by atoms with Crippen molar-refractivity contribution in [1.29, 1.82) is 0 Å². The molecule has 1 aliphatic rings. The van der Waals surface area contributed by atoms with E-state index in [-0.39, 0.29) is 37.0 Å². The van der Waals surface area contributed by atoms with Crippen molar-refractivity contribution in [3.05, 3.63) is 42.0 Å². The zero-order valence-corrected chi connectivity index (χ0v) is 19.5. The van der Waals surface area contributed by atoms with E-state index in [2.05, 4.69) is 16.0 Å². The molecule has 1 unspecified atom stereocenters. The number of carbonyl (C=O) groups excluding carboxylic acids is 5. The third-order valence-corrected chi connectivity index (χ3v) is 5.35. The standard InChI is InChI=1S/C24H32N4O5/c1-15(2)23(27-20(30)11-12-28-21(31)9-10-22(28)32)19(29)13-16(3)24(33)26-18-7-5-17(6-8-18)14-25-4/h5-10,15-16,23,25H,11-14H2,1-4H3,(H,26,33)(H,27,30)/t16-,23?/m1/s1. The maximum atomic E-state index is 12.8. The van der Waals surface area contributed by atoms with Gasteiger partial charge in [-0.05, 0) is 30.7 Å². The molecule has 9 nitrogen and oxygen atoms in total. The van der Waals surface area contributed by atoms with Gasteiger partial charge >= 0.3 is 0 Å². The zero-order chi connectivity index (χ0) is 24.5. The van der Waals surface area contributed by atoms with Crippen molar-refractivity contribution >= 4 is 35.1 Å². The van der Waals surface area contributed by atoms with Gasteiger partial charge in [0.05, 0.1) is 6.04 Å². The number of carbonyl (C=O) groups is 5. The molecule has 178 valence electrons. The number of anilines is 1. The Bertz CT molecular complexity index is 905. The van der Waals surface area contributed by atoms with Crippen LogP contribution in [0, 0.1) is 11.8 Å². The topological polar surface area (TPSA) is 125 Å². The molecule has 0 aliphatic carbocycles. The maximum Gasteiger partial charge on any atom is 0.253 e. The first-order valence-electron chi connectivity index (χ1n) is 11.0. The van der Waals surface area contributed by atoms with Gasteiger partial charge in [-0.25, -0.2) is 0 Å². The Hall–Kier alpha value is -3.33. The lowest BCUT2D eigenvalue weighted by Crippen LogP contribution is -2.46. The van der Waals surface area contributed by atoms with Crippen LogP contribution in [0.15, 0.2) is 36.4 Å². The Kier molecular flexibility index (Phi) is 9.47. The molecule has 0 fully saturated rings. The van der Waals surface area contributed by atoms with Crippen LogP contribution in [0.5, 0.6) is 0 Å². The number of amides is 4. The van der Waals surface area contributed by atoms with E-state index >= 15 is 0 Å². The first kappa shape index (κ1) is 25.9. The molecule has 0 radical (unpaired) electrons. The van der Waals surface area contributed by atoms with Crippen molar-refractivity contribution in [3.8, 4) is 0 Å². The van der Waals surface area contributed by atoms with Crippen LogP contribution in [0.2, 0.25) is 0 Å². The molecule has 2 rings (SSSR count). The lowest BCUT2D eigenvalue weighted by molar-refractivity contribution is -0.137. The van der Waals surface area contributed by atoms with Crippen LogP contribution in [0.3, 0.4) is 0 Å². The fourth-order valence-corrected chi connectivity index (χ4v) is 3.43. The summed E-state index contributed by atoms with van der Waals surface area (Å²) in [5.74, 6) is -2.65. The Morgan fingerprint density at radius 3 is 2.12 bits per heavy atom. The van der Waals surface area contributed by atoms with Crippen LogP contribution >= 0.6 is 0 Å². The number of nitrogens with one attached hydrogen (secondary N) is 3. The second-order valence-electron chi connectivity index (χ2n) is 8.49. The highest BCUT2D eigenvalue weighted by Gasteiger charge is 2.29. The van der Waals surface area contributed by atoms with Gasteiger partial charge in [0, 0.05) is 49.7 Å². The predicted octanol–water partition coefficient (Wildman–Crippen LogP) is 1.40. The summed E-state index contributed by atoms with van der Waals surface area (Å²) in [4.78, 5) is 61.9. The highest BCUT2D eigenvalue weighted by molar-refractivity contribution is 6.13. The van der Waals surface area contributed by atoms with E-state index in [1.54, 1.807) is 20.8 Å². The van der Waals surface area contributed by atoms with E-state index in [4.69, 9.17) is 0 Å². The molecule has 0 bridgehead atoms. The van der Waals surface area contributed by atoms with Crippen LogP contribution in [0.1, 0.15) is 39.2 Å². The number of hydrogen-bond acceptors (Lipinski definition) is 6. The van der Waals surface area contributed by atoms with Gasteiger partial charge in [0.15, 0.2) is 5.78 Å². The first-order chi connectivity index (χ1) is 15.6. The molecule has 1 heterocycles. The molecule has 9 heteroatoms. The first-order valence-corrected chi connectivity index (χ1v) is 11.0. The minimum absolute atomic E-state index is 0.0280. The molecule has 0 saturated heterocycles. The van der Waals surface area contributed by atoms with Gasteiger partial charge in [-0.15, -0.1) is 0 Å². The fraction of sp³-hybridized carbons (Fsp3) is 0.458. The average molecular weight is 457 g/mol. The van der Waals surface area contributed by atoms with E-state index in [9.17, 15) is 24.0 Å². The van der Waals surface area contributed by atoms with E-state index < -0.39 is 29.7 Å². The monoisotopic (exact) mass is 456 g/mol. The molecular weight excluding hydrogens is 424 g/mol. The van der Waals surface area contributed by atoms with Gasteiger partial charge < -0.3 is 16.0 Å². The van der Waals surface area contributed by atoms with Crippen LogP contribution in [0.25, 0.3) is 0 Å². The van der Waals surface area contributed by atoms with Gasteiger partial charge in [0.25, 0.3) is 11.8 Å². The van der Waals surface area contributed by atoms with Crippen molar-refractivity contribution < 1.29 is 24.0 Å². The van der Waals surface area contributed by atoms with Gasteiger partial charge in [-0.2, -0.15) is 0 Å². The molecular formula is C24H32N4O5. The Morgan fingerprint density at radius 1 is 0.970 bits per heavy atom. The van der Waals surface area contributed by atoms with Crippen molar-refractivity contribution in [1.82, 2.24) is 15.5 Å². The third-order valence-electron chi connectivity index (χ3n) is 5.35. The Balaban J connectivity index is 1.87. The molecule has 4 amide bonds. The number of nitrogens with zero attached hydrogens (tertiary/aromatic N) is 1. The van der Waals surface area contributed by atoms with Gasteiger partial charge in [0.2, 0.25) is 11.8 Å². The molecule has 1 aromatic carbocycles. The van der Waals surface area contributed by atoms with Gasteiger partial charge in [-0.1, -0.05) is 32.9 Å². The molecule has 33 heavy (non-hydrogen) atoms. The molecule has 1 aromatic rings. The number of Topliss-reactive ketones (excluding diaryl/α,β-unsaturated/α-hetero) is 1. The van der Waals surface area contributed by atoms with Crippen LogP contribution in [-0.4, -0.2) is 53.9 Å². The minimum atomic E-state index is -0.767. The summed E-state index contributed by atoms with van der Waals surface area (Å²) >= 11 is 0. The SMILES string of the molecule is CNCc1ccc(NC(=O)[C@H](C)CC(=O)C(NC(=O)CCN2C(=O)C=CC2=O)C(C)C)cc1. The lowest BCUT2D eigenvalue weighted by atomic mass is 9.92. The molecule has 0 saturated carbocycles. The summed E-state index contributed by atoms with van der Waals surface area (Å²) in [7, 11) is 1.86. The largest absolute Gasteiger partial charge is 0.346 e. The summed E-state index contributed by atoms with van der Waals surface area (Å²) in [6.45, 7) is 5.94. The van der Waals surface area contributed by atoms with Gasteiger partial charge in [0.1, 0.15) is 0 Å². The van der Waals surface area contributed by atoms with Crippen molar-refractivity contribution in [3.63, 3.8) is 0 Å². The number of rotatable bonds is 12. The van der Waals surface area contributed by atoms with Crippen LogP contribution < -0.4 is 16.0 Å². The van der Waals surface area contributed by atoms with Crippen molar-refractivity contribution in [2.75, 3.05) is 18.9 Å². The number of ketones is 1. The quantitative estimate of drug-likeness (QED) is 0.408. The zero-order valence-electron chi connectivity index (χ0n) is 19.5. The van der Waals surface area contributed by atoms with E-state index in [0.717, 1.165) is 29.2 Å². The average Bonchev–Trinajstić information content (AvgIpc) is 3.08. The van der Waals surface area contributed by atoms with Crippen LogP contribution in [0.4, 0.5) is 5.69 Å². The van der Waals surface area contributed by atoms with Crippen LogP contribution in [-0.2, 0) is 30.5 Å². The minimum Gasteiger partial charge on any atom is -0.346 e. The molecule has 1 aliphatic heterocycles. The highest BCUT2D eigenvalue weighted by Crippen LogP contribution is 2.15. The van der Waals surface area contributed by atoms with Crippen molar-refractivity contribution in [2.45, 2.75) is 46.2 Å². The van der Waals surface area contributed by atoms with Crippen molar-refractivity contribution in [2.24, 2.45) is 11.8 Å². The summed E-state index contributed by atoms with van der Waals surface area (Å²) in [5.41, 5.74) is 1.73. The van der Waals surface area contributed by atoms with Gasteiger partial charge in [-0.3, -0.25) is 28.9 Å². The smallest absolute Gasteiger partial charge is 0.253 e. The van der Waals surface area contributed by atoms with E-state index in [1.165, 1.54) is 0 Å². The summed E-state index contributed by atoms with van der Waals surface area (Å²) in [6.07, 6.45) is 2.18. The van der Waals surface area contributed by atoms with E-state index in [0.29, 0.717) is 5.69 Å². The highest BCUT2D eigenvalue weighted by atomic mass is 16.2. The number of benzene rings is 1. The second kappa shape index (κ2) is 12.1. The second-order valence-corrected chi connectivity index (χ2v) is 8.49. The molecule has 0 aromatic heterocycles. The van der Waals surface area contributed by atoms with E-state index in [1.807, 2.05) is 31.3 Å². The molecule has 2 atom stereocenters. The third kappa shape index (κ3) is 7.64. The molecule has 3 N–H and O–H groups in total. The maximum absolute atomic E-state index is 12.8. The summed E-state index contributed by atoms with van der Waals surface area (Å²) < 4.78 is 0. The summed E-state index contributed by atoms with van der Waals surface area (Å²) in [6, 6.07) is 6.66. The normalized spacial score (nSPS) is 15.0. The predicted molar refractivity (Wildman–Crippen MR) is 124 cm³/mol. The lowest BCUT2D eigenvalue weighted by Gasteiger charge is -2.23. The Labute approximate surface area is 194 Å². The molecule has 0 spiro atoms. The number of hydrogen-bond donors (Lipinski definition) is 3. The Morgan fingerprint density at radius 2 is 1.58 bits per heavy atom.